The Balaban J connectivity index is 1.97. The summed E-state index contributed by atoms with van der Waals surface area (Å²) < 4.78 is 0. The highest BCUT2D eigenvalue weighted by atomic mass is 16.3. The van der Waals surface area contributed by atoms with Gasteiger partial charge in [0, 0.05) is 6.04 Å². The van der Waals surface area contributed by atoms with Crippen molar-refractivity contribution in [3.05, 3.63) is 35.4 Å². The molecule has 17 heavy (non-hydrogen) atoms. The van der Waals surface area contributed by atoms with E-state index in [4.69, 9.17) is 0 Å². The molecule has 0 radical (unpaired) electrons. The molecule has 1 aliphatic heterocycles. The van der Waals surface area contributed by atoms with Crippen LogP contribution in [0.15, 0.2) is 24.3 Å². The Kier molecular flexibility index (Phi) is 4.19. The van der Waals surface area contributed by atoms with Gasteiger partial charge in [0.25, 0.3) is 0 Å². The minimum atomic E-state index is -0.334. The fourth-order valence-electron chi connectivity index (χ4n) is 2.76. The number of aliphatic hydroxyl groups is 1. The zero-order valence-corrected chi connectivity index (χ0v) is 10.8. The van der Waals surface area contributed by atoms with Crippen molar-refractivity contribution in [3.8, 4) is 0 Å². The van der Waals surface area contributed by atoms with Crippen LogP contribution in [0.2, 0.25) is 0 Å². The predicted molar refractivity (Wildman–Crippen MR) is 70.9 cm³/mol. The van der Waals surface area contributed by atoms with Gasteiger partial charge in [0.1, 0.15) is 0 Å². The Morgan fingerprint density at radius 1 is 1.41 bits per heavy atom. The summed E-state index contributed by atoms with van der Waals surface area (Å²) in [6.07, 6.45) is 2.94. The fraction of sp³-hybridized carbons (Fsp3) is 0.600. The number of hydrogen-bond acceptors (Lipinski definition) is 2. The fourth-order valence-corrected chi connectivity index (χ4v) is 2.76. The summed E-state index contributed by atoms with van der Waals surface area (Å²) in [6.45, 7) is 5.45. The van der Waals surface area contributed by atoms with Gasteiger partial charge in [-0.2, -0.15) is 0 Å². The molecule has 2 nitrogen and oxygen atoms in total. The van der Waals surface area contributed by atoms with Crippen molar-refractivity contribution >= 4 is 0 Å². The summed E-state index contributed by atoms with van der Waals surface area (Å²) >= 11 is 0. The molecule has 0 aromatic heterocycles. The van der Waals surface area contributed by atoms with E-state index < -0.39 is 0 Å². The number of aliphatic hydroxyl groups excluding tert-OH is 1. The molecule has 3 unspecified atom stereocenters. The van der Waals surface area contributed by atoms with Crippen LogP contribution in [0.25, 0.3) is 0 Å². The maximum Gasteiger partial charge on any atom is 0.0807 e. The summed E-state index contributed by atoms with van der Waals surface area (Å²) in [5.41, 5.74) is 2.26. The molecule has 0 spiro atoms. The van der Waals surface area contributed by atoms with Gasteiger partial charge in [0.2, 0.25) is 0 Å². The highest BCUT2D eigenvalue weighted by molar-refractivity contribution is 5.27. The van der Waals surface area contributed by atoms with Gasteiger partial charge in [-0.1, -0.05) is 31.2 Å². The quantitative estimate of drug-likeness (QED) is 0.841. The Morgan fingerprint density at radius 3 is 2.88 bits per heavy atom. The first-order valence-electron chi connectivity index (χ1n) is 6.64. The van der Waals surface area contributed by atoms with Crippen molar-refractivity contribution in [3.63, 3.8) is 0 Å². The Hall–Kier alpha value is -0.860. The number of aryl methyl sites for hydroxylation is 1. The standard InChI is InChI=1S/C15H23NO/c1-11-7-8-16-13(9-11)10-15(17)14-6-4-3-5-12(14)2/h3-6,11,13,15-17H,7-10H2,1-2H3. The molecule has 2 rings (SSSR count). The molecule has 0 aliphatic carbocycles. The van der Waals surface area contributed by atoms with Crippen LogP contribution in [0.3, 0.4) is 0 Å². The summed E-state index contributed by atoms with van der Waals surface area (Å²) in [4.78, 5) is 0. The minimum absolute atomic E-state index is 0.334. The van der Waals surface area contributed by atoms with Crippen LogP contribution in [0, 0.1) is 12.8 Å². The summed E-state index contributed by atoms with van der Waals surface area (Å²) in [6, 6.07) is 8.59. The monoisotopic (exact) mass is 233 g/mol. The van der Waals surface area contributed by atoms with E-state index in [0.717, 1.165) is 24.4 Å². The molecular weight excluding hydrogens is 210 g/mol. The van der Waals surface area contributed by atoms with E-state index >= 15 is 0 Å². The van der Waals surface area contributed by atoms with Crippen molar-refractivity contribution in [2.75, 3.05) is 6.54 Å². The lowest BCUT2D eigenvalue weighted by atomic mass is 9.89. The molecule has 2 N–H and O–H groups in total. The Morgan fingerprint density at radius 2 is 2.18 bits per heavy atom. The molecule has 1 fully saturated rings. The van der Waals surface area contributed by atoms with Crippen LogP contribution in [0.1, 0.15) is 43.4 Å². The van der Waals surface area contributed by atoms with Crippen molar-refractivity contribution in [2.24, 2.45) is 5.92 Å². The number of hydrogen-bond donors (Lipinski definition) is 2. The van der Waals surface area contributed by atoms with E-state index in [1.165, 1.54) is 18.4 Å². The smallest absolute Gasteiger partial charge is 0.0807 e. The molecule has 2 heteroatoms. The van der Waals surface area contributed by atoms with Gasteiger partial charge in [-0.05, 0) is 49.8 Å². The first-order chi connectivity index (χ1) is 8.16. The molecule has 94 valence electrons. The summed E-state index contributed by atoms with van der Waals surface area (Å²) in [7, 11) is 0. The lowest BCUT2D eigenvalue weighted by Crippen LogP contribution is -2.38. The van der Waals surface area contributed by atoms with Crippen molar-refractivity contribution in [2.45, 2.75) is 45.3 Å². The zero-order valence-electron chi connectivity index (χ0n) is 10.8. The molecule has 0 amide bonds. The van der Waals surface area contributed by atoms with Crippen LogP contribution in [-0.2, 0) is 0 Å². The van der Waals surface area contributed by atoms with E-state index in [0.29, 0.717) is 6.04 Å². The average molecular weight is 233 g/mol. The lowest BCUT2D eigenvalue weighted by molar-refractivity contribution is 0.137. The Bertz CT molecular complexity index is 364. The SMILES string of the molecule is Cc1ccccc1C(O)CC1CC(C)CCN1. The van der Waals surface area contributed by atoms with Gasteiger partial charge in [-0.3, -0.25) is 0 Å². The predicted octanol–water partition coefficient (Wildman–Crippen LogP) is 2.81. The average Bonchev–Trinajstić information content (AvgIpc) is 2.29. The van der Waals surface area contributed by atoms with Crippen molar-refractivity contribution in [1.29, 1.82) is 0 Å². The van der Waals surface area contributed by atoms with Gasteiger partial charge in [0.15, 0.2) is 0 Å². The number of piperidine rings is 1. The van der Waals surface area contributed by atoms with Gasteiger partial charge < -0.3 is 10.4 Å². The minimum Gasteiger partial charge on any atom is -0.388 e. The molecular formula is C15H23NO. The second kappa shape index (κ2) is 5.65. The molecule has 1 aliphatic rings. The highest BCUT2D eigenvalue weighted by Crippen LogP contribution is 2.26. The third-order valence-corrected chi connectivity index (χ3v) is 3.81. The van der Waals surface area contributed by atoms with Crippen molar-refractivity contribution in [1.82, 2.24) is 5.32 Å². The van der Waals surface area contributed by atoms with E-state index in [2.05, 4.69) is 25.2 Å². The topological polar surface area (TPSA) is 32.3 Å². The summed E-state index contributed by atoms with van der Waals surface area (Å²) in [5, 5.41) is 13.8. The molecule has 0 saturated carbocycles. The number of nitrogens with one attached hydrogen (secondary N) is 1. The van der Waals surface area contributed by atoms with Crippen LogP contribution >= 0.6 is 0 Å². The second-order valence-corrected chi connectivity index (χ2v) is 5.39. The lowest BCUT2D eigenvalue weighted by Gasteiger charge is -2.30. The van der Waals surface area contributed by atoms with Gasteiger partial charge >= 0.3 is 0 Å². The molecule has 1 saturated heterocycles. The van der Waals surface area contributed by atoms with Gasteiger partial charge in [-0.15, -0.1) is 0 Å². The molecule has 1 aromatic rings. The van der Waals surface area contributed by atoms with E-state index in [1.54, 1.807) is 0 Å². The maximum absolute atomic E-state index is 10.3. The number of rotatable bonds is 3. The first-order valence-corrected chi connectivity index (χ1v) is 6.64. The van der Waals surface area contributed by atoms with E-state index in [1.807, 2.05) is 18.2 Å². The third-order valence-electron chi connectivity index (χ3n) is 3.81. The van der Waals surface area contributed by atoms with Crippen LogP contribution in [0.5, 0.6) is 0 Å². The molecule has 3 atom stereocenters. The normalized spacial score (nSPS) is 26.8. The highest BCUT2D eigenvalue weighted by Gasteiger charge is 2.22. The largest absolute Gasteiger partial charge is 0.388 e. The first kappa shape index (κ1) is 12.6. The molecule has 0 bridgehead atoms. The van der Waals surface area contributed by atoms with Gasteiger partial charge in [-0.25, -0.2) is 0 Å². The van der Waals surface area contributed by atoms with E-state index in [9.17, 15) is 5.11 Å². The third kappa shape index (κ3) is 3.30. The molecule has 1 heterocycles. The van der Waals surface area contributed by atoms with Crippen LogP contribution < -0.4 is 5.32 Å². The van der Waals surface area contributed by atoms with Gasteiger partial charge in [0.05, 0.1) is 6.10 Å². The zero-order chi connectivity index (χ0) is 12.3. The second-order valence-electron chi connectivity index (χ2n) is 5.39. The maximum atomic E-state index is 10.3. The van der Waals surface area contributed by atoms with Crippen LogP contribution in [0.4, 0.5) is 0 Å². The van der Waals surface area contributed by atoms with E-state index in [-0.39, 0.29) is 6.10 Å². The molecule has 1 aromatic carbocycles. The van der Waals surface area contributed by atoms with Crippen molar-refractivity contribution < 1.29 is 5.11 Å². The summed E-state index contributed by atoms with van der Waals surface area (Å²) in [5.74, 6) is 0.783. The Labute approximate surface area is 104 Å². The van der Waals surface area contributed by atoms with Crippen LogP contribution in [-0.4, -0.2) is 17.7 Å². The number of benzene rings is 1.